The van der Waals surface area contributed by atoms with Crippen LogP contribution in [0.25, 0.3) is 5.32 Å². The molecule has 0 unspecified atom stereocenters. The number of urea groups is 2. The van der Waals surface area contributed by atoms with Gasteiger partial charge in [0, 0.05) is 13.1 Å². The summed E-state index contributed by atoms with van der Waals surface area (Å²) in [6.07, 6.45) is 1.25. The van der Waals surface area contributed by atoms with Crippen molar-refractivity contribution in [1.82, 2.24) is 15.5 Å². The van der Waals surface area contributed by atoms with Gasteiger partial charge in [0.05, 0.1) is 6.54 Å². The standard InChI is InChI=1S/C5H8N2O2.C3H4N2O2.C3H8.Na/c1-2-7-4(8)3-6-5(7)9;6-2-1-4-3(7)5-2;1-3-2;/h2-3H2,1H3,(H,6,9);1H2,(H2,4,5,6,7);3H2,1-2H3;/q;;;+1/p-1. The zero-order valence-electron chi connectivity index (χ0n) is 12.4. The van der Waals surface area contributed by atoms with Crippen LogP contribution in [-0.4, -0.2) is 48.4 Å². The van der Waals surface area contributed by atoms with Gasteiger partial charge in [0.25, 0.3) is 0 Å². The third kappa shape index (κ3) is 8.13. The Morgan fingerprint density at radius 2 is 1.60 bits per heavy atom. The Balaban J connectivity index is 0. The predicted molar refractivity (Wildman–Crippen MR) is 68.5 cm³/mol. The third-order valence-electron chi connectivity index (χ3n) is 1.87. The van der Waals surface area contributed by atoms with Crippen LogP contribution in [0.3, 0.4) is 0 Å². The number of carbonyl (C=O) groups is 4. The van der Waals surface area contributed by atoms with Crippen molar-refractivity contribution in [2.45, 2.75) is 27.2 Å². The third-order valence-corrected chi connectivity index (χ3v) is 1.87. The summed E-state index contributed by atoms with van der Waals surface area (Å²) in [5.41, 5.74) is 0. The van der Waals surface area contributed by atoms with Gasteiger partial charge in [-0.2, -0.15) is 0 Å². The largest absolute Gasteiger partial charge is 1.00 e. The van der Waals surface area contributed by atoms with Crippen molar-refractivity contribution in [3.05, 3.63) is 5.32 Å². The van der Waals surface area contributed by atoms with Crippen molar-refractivity contribution in [2.75, 3.05) is 19.6 Å². The van der Waals surface area contributed by atoms with E-state index in [-0.39, 0.29) is 60.5 Å². The van der Waals surface area contributed by atoms with E-state index in [1.54, 1.807) is 6.92 Å². The fourth-order valence-corrected chi connectivity index (χ4v) is 1.12. The molecule has 6 amide bonds. The molecule has 0 aromatic carbocycles. The van der Waals surface area contributed by atoms with E-state index in [0.717, 1.165) is 0 Å². The number of hydrogen-bond acceptors (Lipinski definition) is 4. The molecule has 2 aliphatic heterocycles. The number of amides is 6. The Morgan fingerprint density at radius 1 is 1.05 bits per heavy atom. The zero-order valence-corrected chi connectivity index (χ0v) is 14.4. The van der Waals surface area contributed by atoms with E-state index in [4.69, 9.17) is 0 Å². The van der Waals surface area contributed by atoms with Crippen LogP contribution >= 0.6 is 0 Å². The van der Waals surface area contributed by atoms with Crippen molar-refractivity contribution in [2.24, 2.45) is 0 Å². The van der Waals surface area contributed by atoms with Gasteiger partial charge < -0.3 is 16.0 Å². The molecule has 2 aliphatic rings. The average Bonchev–Trinajstić information content (AvgIpc) is 2.87. The fraction of sp³-hybridized carbons (Fsp3) is 0.636. The molecule has 0 bridgehead atoms. The molecule has 0 aromatic heterocycles. The first-order valence-corrected chi connectivity index (χ1v) is 6.06. The molecule has 0 radical (unpaired) electrons. The van der Waals surface area contributed by atoms with Gasteiger partial charge in [0.15, 0.2) is 6.03 Å². The van der Waals surface area contributed by atoms with Crippen LogP contribution < -0.4 is 40.2 Å². The van der Waals surface area contributed by atoms with Crippen molar-refractivity contribution < 1.29 is 48.7 Å². The van der Waals surface area contributed by atoms with Crippen LogP contribution in [0.5, 0.6) is 0 Å². The Kier molecular flexibility index (Phi) is 12.4. The Morgan fingerprint density at radius 3 is 1.75 bits per heavy atom. The van der Waals surface area contributed by atoms with Gasteiger partial charge in [-0.05, 0) is 6.92 Å². The van der Waals surface area contributed by atoms with Gasteiger partial charge in [-0.3, -0.25) is 19.3 Å². The predicted octanol–water partition coefficient (Wildman–Crippen LogP) is -2.41. The second kappa shape index (κ2) is 11.7. The molecule has 0 atom stereocenters. The molecule has 0 saturated carbocycles. The summed E-state index contributed by atoms with van der Waals surface area (Å²) in [6, 6.07) is -0.799. The number of nitrogens with zero attached hydrogens (tertiary/aromatic N) is 2. The maximum Gasteiger partial charge on any atom is 1.00 e. The summed E-state index contributed by atoms with van der Waals surface area (Å²) in [6.45, 7) is 6.71. The van der Waals surface area contributed by atoms with Crippen molar-refractivity contribution in [1.29, 1.82) is 0 Å². The molecule has 2 saturated heterocycles. The molecule has 2 fully saturated rings. The second-order valence-corrected chi connectivity index (χ2v) is 3.67. The molecule has 0 spiro atoms. The Labute approximate surface area is 140 Å². The SMILES string of the molecule is CCC.CCN1C(=O)CNC1=O.O=C1CNC(=O)[N-]1.[Na+]. The number of carbonyl (C=O) groups excluding carboxylic acids is 4. The smallest absolute Gasteiger partial charge is 0.442 e. The first-order chi connectivity index (χ1) is 8.96. The minimum absolute atomic E-state index is 0. The molecule has 2 rings (SSSR count). The van der Waals surface area contributed by atoms with Gasteiger partial charge in [-0.15, -0.1) is 0 Å². The average molecular weight is 294 g/mol. The van der Waals surface area contributed by atoms with E-state index in [0.29, 0.717) is 6.54 Å². The van der Waals surface area contributed by atoms with Crippen LogP contribution in [0.4, 0.5) is 9.59 Å². The minimum atomic E-state index is -0.523. The maximum absolute atomic E-state index is 10.7. The van der Waals surface area contributed by atoms with E-state index in [9.17, 15) is 19.2 Å². The molecule has 20 heavy (non-hydrogen) atoms. The topological polar surface area (TPSA) is 110 Å². The molecule has 0 aromatic rings. The minimum Gasteiger partial charge on any atom is -0.442 e. The molecular weight excluding hydrogens is 275 g/mol. The summed E-state index contributed by atoms with van der Waals surface area (Å²) < 4.78 is 0. The van der Waals surface area contributed by atoms with Gasteiger partial charge >= 0.3 is 35.6 Å². The van der Waals surface area contributed by atoms with Gasteiger partial charge in [0.1, 0.15) is 5.91 Å². The molecule has 108 valence electrons. The normalized spacial score (nSPS) is 15.8. The first kappa shape index (κ1) is 21.2. The summed E-state index contributed by atoms with van der Waals surface area (Å²) in [5, 5.41) is 7.62. The quantitative estimate of drug-likeness (QED) is 0.414. The Hall–Kier alpha value is -1.12. The molecule has 2 heterocycles. The summed E-state index contributed by atoms with van der Waals surface area (Å²) in [5.74, 6) is -0.521. The first-order valence-electron chi connectivity index (χ1n) is 6.06. The zero-order chi connectivity index (χ0) is 14.8. The van der Waals surface area contributed by atoms with Crippen LogP contribution in [0.1, 0.15) is 27.2 Å². The summed E-state index contributed by atoms with van der Waals surface area (Å²) in [7, 11) is 0. The van der Waals surface area contributed by atoms with E-state index in [2.05, 4.69) is 29.8 Å². The molecule has 0 aliphatic carbocycles. The van der Waals surface area contributed by atoms with Crippen LogP contribution in [0.15, 0.2) is 0 Å². The number of imide groups is 2. The van der Waals surface area contributed by atoms with Crippen molar-refractivity contribution >= 4 is 23.9 Å². The van der Waals surface area contributed by atoms with Gasteiger partial charge in [0.2, 0.25) is 5.91 Å². The molecular formula is C11H19N4NaO4. The van der Waals surface area contributed by atoms with Crippen molar-refractivity contribution in [3.63, 3.8) is 0 Å². The van der Waals surface area contributed by atoms with Crippen LogP contribution in [0.2, 0.25) is 0 Å². The van der Waals surface area contributed by atoms with E-state index in [1.165, 1.54) is 11.3 Å². The molecule has 9 heteroatoms. The van der Waals surface area contributed by atoms with Gasteiger partial charge in [-0.1, -0.05) is 20.3 Å². The van der Waals surface area contributed by atoms with E-state index < -0.39 is 6.03 Å². The van der Waals surface area contributed by atoms with Crippen LogP contribution in [-0.2, 0) is 9.59 Å². The fourth-order valence-electron chi connectivity index (χ4n) is 1.12. The number of likely N-dealkylation sites (N-methyl/N-ethyl adjacent to an activating group) is 1. The Bertz CT molecular complexity index is 332. The number of hydrogen-bond donors (Lipinski definition) is 2. The molecule has 2 N–H and O–H groups in total. The molecule has 8 nitrogen and oxygen atoms in total. The van der Waals surface area contributed by atoms with E-state index in [1.807, 2.05) is 0 Å². The van der Waals surface area contributed by atoms with Gasteiger partial charge in [-0.25, -0.2) is 4.79 Å². The van der Waals surface area contributed by atoms with E-state index >= 15 is 0 Å². The van der Waals surface area contributed by atoms with Crippen molar-refractivity contribution in [3.8, 4) is 0 Å². The summed E-state index contributed by atoms with van der Waals surface area (Å²) in [4.78, 5) is 42.4. The van der Waals surface area contributed by atoms with Crippen LogP contribution in [0, 0.1) is 0 Å². The second-order valence-electron chi connectivity index (χ2n) is 3.67. The summed E-state index contributed by atoms with van der Waals surface area (Å²) >= 11 is 0. The number of nitrogens with one attached hydrogen (secondary N) is 2. The maximum atomic E-state index is 10.7. The monoisotopic (exact) mass is 294 g/mol. The number of rotatable bonds is 1.